The van der Waals surface area contributed by atoms with E-state index < -0.39 is 0 Å². The van der Waals surface area contributed by atoms with Crippen LogP contribution in [0.4, 0.5) is 5.95 Å². The number of carbonyl (C=O) groups is 2. The van der Waals surface area contributed by atoms with Gasteiger partial charge in [0.1, 0.15) is 0 Å². The number of ether oxygens (including phenoxy) is 1. The maximum absolute atomic E-state index is 12.3. The molecule has 1 amide bonds. The smallest absolute Gasteiger partial charge is 0.321 e. The Labute approximate surface area is 151 Å². The summed E-state index contributed by atoms with van der Waals surface area (Å²) in [6, 6.07) is 6.74. The van der Waals surface area contributed by atoms with E-state index in [0.717, 1.165) is 25.9 Å². The van der Waals surface area contributed by atoms with Gasteiger partial charge in [-0.1, -0.05) is 12.1 Å². The van der Waals surface area contributed by atoms with Crippen LogP contribution in [0.15, 0.2) is 24.3 Å². The van der Waals surface area contributed by atoms with Crippen molar-refractivity contribution in [3.05, 3.63) is 41.2 Å². The molecule has 0 unspecified atom stereocenters. The van der Waals surface area contributed by atoms with Crippen molar-refractivity contribution < 1.29 is 14.3 Å². The highest BCUT2D eigenvalue weighted by Gasteiger charge is 2.18. The van der Waals surface area contributed by atoms with Gasteiger partial charge in [-0.15, -0.1) is 0 Å². The number of aromatic nitrogens is 3. The number of benzene rings is 1. The number of ketones is 1. The van der Waals surface area contributed by atoms with Gasteiger partial charge in [-0.2, -0.15) is 15.0 Å². The summed E-state index contributed by atoms with van der Waals surface area (Å²) in [6.45, 7) is 3.46. The number of nitrogens with one attached hydrogen (secondary N) is 1. The van der Waals surface area contributed by atoms with Crippen molar-refractivity contribution in [2.45, 2.75) is 26.3 Å². The van der Waals surface area contributed by atoms with E-state index >= 15 is 0 Å². The van der Waals surface area contributed by atoms with Gasteiger partial charge in [0.2, 0.25) is 5.95 Å². The monoisotopic (exact) mass is 355 g/mol. The lowest BCUT2D eigenvalue weighted by Crippen LogP contribution is -2.26. The second-order valence-electron chi connectivity index (χ2n) is 6.05. The maximum Gasteiger partial charge on any atom is 0.321 e. The van der Waals surface area contributed by atoms with E-state index in [1.807, 2.05) is 0 Å². The maximum atomic E-state index is 12.3. The Bertz CT molecular complexity index is 801. The lowest BCUT2D eigenvalue weighted by atomic mass is 10.1. The molecule has 0 radical (unpaired) electrons. The number of nitrogens with zero attached hydrogens (tertiary/aromatic N) is 4. The molecular weight excluding hydrogens is 334 g/mol. The van der Waals surface area contributed by atoms with Crippen molar-refractivity contribution in [3.63, 3.8) is 0 Å². The molecule has 0 atom stereocenters. The molecule has 136 valence electrons. The molecule has 8 heteroatoms. The molecule has 8 nitrogen and oxygen atoms in total. The lowest BCUT2D eigenvalue weighted by Gasteiger charge is -2.16. The van der Waals surface area contributed by atoms with E-state index in [-0.39, 0.29) is 24.2 Å². The highest BCUT2D eigenvalue weighted by Crippen LogP contribution is 2.17. The largest absolute Gasteiger partial charge is 0.467 e. The van der Waals surface area contributed by atoms with Crippen LogP contribution >= 0.6 is 0 Å². The van der Waals surface area contributed by atoms with Crippen molar-refractivity contribution in [1.82, 2.24) is 20.3 Å². The molecule has 0 saturated carbocycles. The third-order valence-corrected chi connectivity index (χ3v) is 4.18. The predicted molar refractivity (Wildman–Crippen MR) is 95.4 cm³/mol. The zero-order valence-corrected chi connectivity index (χ0v) is 14.9. The molecule has 1 aromatic carbocycles. The third-order valence-electron chi connectivity index (χ3n) is 4.18. The van der Waals surface area contributed by atoms with E-state index in [1.54, 1.807) is 24.3 Å². The van der Waals surface area contributed by atoms with Crippen molar-refractivity contribution in [2.24, 2.45) is 0 Å². The highest BCUT2D eigenvalue weighted by molar-refractivity contribution is 5.97. The van der Waals surface area contributed by atoms with Crippen molar-refractivity contribution in [2.75, 3.05) is 25.1 Å². The summed E-state index contributed by atoms with van der Waals surface area (Å²) in [4.78, 5) is 38.6. The molecule has 0 spiro atoms. The van der Waals surface area contributed by atoms with Crippen LogP contribution in [-0.4, -0.2) is 46.8 Å². The van der Waals surface area contributed by atoms with E-state index in [2.05, 4.69) is 25.2 Å². The second kappa shape index (κ2) is 7.90. The Balaban J connectivity index is 1.69. The van der Waals surface area contributed by atoms with Crippen LogP contribution in [0.2, 0.25) is 0 Å². The van der Waals surface area contributed by atoms with Crippen LogP contribution in [0, 0.1) is 0 Å². The first-order chi connectivity index (χ1) is 12.6. The van der Waals surface area contributed by atoms with Gasteiger partial charge in [0.25, 0.3) is 5.91 Å². The predicted octanol–water partition coefficient (Wildman–Crippen LogP) is 1.61. The second-order valence-corrected chi connectivity index (χ2v) is 6.05. The quantitative estimate of drug-likeness (QED) is 0.786. The molecule has 1 aromatic heterocycles. The number of Topliss-reactive ketones (excluding diaryl/α,β-unsaturated/α-hetero) is 1. The van der Waals surface area contributed by atoms with Crippen LogP contribution in [-0.2, 0) is 6.54 Å². The Hall–Kier alpha value is -3.03. The van der Waals surface area contributed by atoms with Gasteiger partial charge in [0.05, 0.1) is 13.7 Å². The lowest BCUT2D eigenvalue weighted by molar-refractivity contribution is 0.0947. The standard InChI is InChI=1S/C18H21N5O3/c1-12(24)13-5-7-14(8-6-13)16(25)19-11-15-20-17(22-18(21-15)26-2)23-9-3-4-10-23/h5-8H,3-4,9-11H2,1-2H3,(H,19,25). The van der Waals surface area contributed by atoms with Crippen LogP contribution in [0.25, 0.3) is 0 Å². The number of carbonyl (C=O) groups excluding carboxylic acids is 2. The molecule has 3 rings (SSSR count). The van der Waals surface area contributed by atoms with Crippen LogP contribution in [0.3, 0.4) is 0 Å². The first-order valence-electron chi connectivity index (χ1n) is 8.50. The number of amides is 1. The summed E-state index contributed by atoms with van der Waals surface area (Å²) in [5.41, 5.74) is 1.04. The molecular formula is C18H21N5O3. The van der Waals surface area contributed by atoms with Gasteiger partial charge >= 0.3 is 6.01 Å². The van der Waals surface area contributed by atoms with Gasteiger partial charge in [-0.25, -0.2) is 0 Å². The van der Waals surface area contributed by atoms with Crippen LogP contribution in [0.1, 0.15) is 46.3 Å². The first-order valence-corrected chi connectivity index (χ1v) is 8.50. The number of anilines is 1. The fraction of sp³-hybridized carbons (Fsp3) is 0.389. The summed E-state index contributed by atoms with van der Waals surface area (Å²) in [6.07, 6.45) is 2.21. The molecule has 1 saturated heterocycles. The zero-order chi connectivity index (χ0) is 18.5. The van der Waals surface area contributed by atoms with Crippen molar-refractivity contribution in [3.8, 4) is 6.01 Å². The SMILES string of the molecule is COc1nc(CNC(=O)c2ccc(C(C)=O)cc2)nc(N2CCCC2)n1. The fourth-order valence-electron chi connectivity index (χ4n) is 2.73. The number of methoxy groups -OCH3 is 1. The first kappa shape index (κ1) is 17.8. The van der Waals surface area contributed by atoms with E-state index in [0.29, 0.717) is 22.9 Å². The Morgan fingerprint density at radius 2 is 1.73 bits per heavy atom. The summed E-state index contributed by atoms with van der Waals surface area (Å²) in [5.74, 6) is 0.711. The van der Waals surface area contributed by atoms with Crippen LogP contribution in [0.5, 0.6) is 6.01 Å². The van der Waals surface area contributed by atoms with Gasteiger partial charge in [0.15, 0.2) is 11.6 Å². The average Bonchev–Trinajstić information content (AvgIpc) is 3.20. The molecule has 1 fully saturated rings. The van der Waals surface area contributed by atoms with E-state index in [9.17, 15) is 9.59 Å². The number of rotatable bonds is 6. The average molecular weight is 355 g/mol. The van der Waals surface area contributed by atoms with Crippen LogP contribution < -0.4 is 15.0 Å². The molecule has 2 aromatic rings. The molecule has 0 aliphatic carbocycles. The van der Waals surface area contributed by atoms with Crippen molar-refractivity contribution in [1.29, 1.82) is 0 Å². The number of hydrogen-bond donors (Lipinski definition) is 1. The number of hydrogen-bond acceptors (Lipinski definition) is 7. The van der Waals surface area contributed by atoms with Gasteiger partial charge in [-0.05, 0) is 31.9 Å². The molecule has 1 aliphatic rings. The fourth-order valence-corrected chi connectivity index (χ4v) is 2.73. The molecule has 2 heterocycles. The Morgan fingerprint density at radius 3 is 2.35 bits per heavy atom. The van der Waals surface area contributed by atoms with E-state index in [1.165, 1.54) is 14.0 Å². The van der Waals surface area contributed by atoms with Gasteiger partial charge < -0.3 is 15.0 Å². The van der Waals surface area contributed by atoms with E-state index in [4.69, 9.17) is 4.74 Å². The minimum Gasteiger partial charge on any atom is -0.467 e. The molecule has 1 aliphatic heterocycles. The minimum absolute atomic E-state index is 0.0383. The summed E-state index contributed by atoms with van der Waals surface area (Å²) < 4.78 is 5.15. The minimum atomic E-state index is -0.262. The van der Waals surface area contributed by atoms with Gasteiger partial charge in [0, 0.05) is 24.2 Å². The molecule has 26 heavy (non-hydrogen) atoms. The van der Waals surface area contributed by atoms with Crippen molar-refractivity contribution >= 4 is 17.6 Å². The Kier molecular flexibility index (Phi) is 5.40. The summed E-state index contributed by atoms with van der Waals surface area (Å²) in [5, 5.41) is 2.78. The molecule has 0 bridgehead atoms. The third kappa shape index (κ3) is 4.14. The zero-order valence-electron chi connectivity index (χ0n) is 14.9. The highest BCUT2D eigenvalue weighted by atomic mass is 16.5. The summed E-state index contributed by atoms with van der Waals surface area (Å²) >= 11 is 0. The Morgan fingerprint density at radius 1 is 1.08 bits per heavy atom. The topological polar surface area (TPSA) is 97.3 Å². The molecule has 1 N–H and O–H groups in total. The summed E-state index contributed by atoms with van der Waals surface area (Å²) in [7, 11) is 1.50. The van der Waals surface area contributed by atoms with Gasteiger partial charge in [-0.3, -0.25) is 9.59 Å². The normalized spacial score (nSPS) is 13.5.